The van der Waals surface area contributed by atoms with E-state index in [0.717, 1.165) is 16.8 Å². The molecule has 3 aromatic carbocycles. The minimum Gasteiger partial charge on any atom is -0.348 e. The van der Waals surface area contributed by atoms with Crippen LogP contribution in [0.1, 0.15) is 40.7 Å². The SMILES string of the molecule is Cc1ccc(N2CC(C(=O)N3CCC(C(=O)Nc4ccccc4C(=O)NCc4ccccc4)CC3)CC2=O)cc1. The minimum atomic E-state index is -0.375. The molecule has 0 bridgehead atoms. The molecule has 2 aliphatic heterocycles. The Hall–Kier alpha value is -4.46. The molecule has 8 heteroatoms. The number of anilines is 2. The number of amides is 4. The van der Waals surface area contributed by atoms with Gasteiger partial charge in [-0.15, -0.1) is 0 Å². The average molecular weight is 539 g/mol. The first-order chi connectivity index (χ1) is 19.4. The molecule has 0 spiro atoms. The predicted octanol–water partition coefficient (Wildman–Crippen LogP) is 4.16. The number of para-hydroxylation sites is 1. The minimum absolute atomic E-state index is 0.0257. The monoisotopic (exact) mass is 538 g/mol. The number of carbonyl (C=O) groups is 4. The Labute approximate surface area is 234 Å². The van der Waals surface area contributed by atoms with Crippen LogP contribution in [0.4, 0.5) is 11.4 Å². The number of benzene rings is 3. The van der Waals surface area contributed by atoms with Gasteiger partial charge in [0.25, 0.3) is 5.91 Å². The zero-order valence-electron chi connectivity index (χ0n) is 22.6. The van der Waals surface area contributed by atoms with E-state index in [1.807, 2.05) is 61.5 Å². The normalized spacial score (nSPS) is 17.5. The summed E-state index contributed by atoms with van der Waals surface area (Å²) in [5.41, 5.74) is 3.80. The van der Waals surface area contributed by atoms with Crippen LogP contribution in [0.5, 0.6) is 0 Å². The Morgan fingerprint density at radius 3 is 2.25 bits per heavy atom. The fraction of sp³-hybridized carbons (Fsp3) is 0.312. The summed E-state index contributed by atoms with van der Waals surface area (Å²) in [7, 11) is 0. The number of carbonyl (C=O) groups excluding carboxylic acids is 4. The average Bonchev–Trinajstić information content (AvgIpc) is 3.38. The Morgan fingerprint density at radius 1 is 0.850 bits per heavy atom. The molecular formula is C32H34N4O4. The molecule has 40 heavy (non-hydrogen) atoms. The second-order valence-electron chi connectivity index (χ2n) is 10.5. The van der Waals surface area contributed by atoms with Crippen LogP contribution < -0.4 is 15.5 Å². The zero-order valence-corrected chi connectivity index (χ0v) is 22.6. The molecule has 4 amide bonds. The molecule has 2 heterocycles. The summed E-state index contributed by atoms with van der Waals surface area (Å²) in [6, 6.07) is 24.4. The summed E-state index contributed by atoms with van der Waals surface area (Å²) in [6.07, 6.45) is 1.26. The lowest BCUT2D eigenvalue weighted by molar-refractivity contribution is -0.138. The van der Waals surface area contributed by atoms with Gasteiger partial charge >= 0.3 is 0 Å². The van der Waals surface area contributed by atoms with Crippen molar-refractivity contribution in [2.75, 3.05) is 29.9 Å². The molecule has 0 aromatic heterocycles. The number of nitrogens with one attached hydrogen (secondary N) is 2. The van der Waals surface area contributed by atoms with E-state index in [-0.39, 0.29) is 41.9 Å². The van der Waals surface area contributed by atoms with Crippen LogP contribution in [0.2, 0.25) is 0 Å². The van der Waals surface area contributed by atoms with E-state index in [1.165, 1.54) is 0 Å². The van der Waals surface area contributed by atoms with Crippen molar-refractivity contribution in [2.24, 2.45) is 11.8 Å². The summed E-state index contributed by atoms with van der Waals surface area (Å²) in [6.45, 7) is 3.69. The van der Waals surface area contributed by atoms with Crippen LogP contribution in [-0.4, -0.2) is 48.2 Å². The highest BCUT2D eigenvalue weighted by atomic mass is 16.2. The molecule has 0 aliphatic carbocycles. The van der Waals surface area contributed by atoms with Gasteiger partial charge < -0.3 is 20.4 Å². The van der Waals surface area contributed by atoms with Crippen molar-refractivity contribution < 1.29 is 19.2 Å². The van der Waals surface area contributed by atoms with Crippen LogP contribution in [-0.2, 0) is 20.9 Å². The molecular weight excluding hydrogens is 504 g/mol. The van der Waals surface area contributed by atoms with Gasteiger partial charge in [-0.3, -0.25) is 19.2 Å². The van der Waals surface area contributed by atoms with Gasteiger partial charge in [0.1, 0.15) is 0 Å². The molecule has 2 fully saturated rings. The first-order valence-corrected chi connectivity index (χ1v) is 13.8. The molecule has 1 unspecified atom stereocenters. The van der Waals surface area contributed by atoms with E-state index in [1.54, 1.807) is 34.1 Å². The Morgan fingerprint density at radius 2 is 1.52 bits per heavy atom. The van der Waals surface area contributed by atoms with Crippen LogP contribution in [0.25, 0.3) is 0 Å². The maximum Gasteiger partial charge on any atom is 0.253 e. The summed E-state index contributed by atoms with van der Waals surface area (Å²) >= 11 is 0. The topological polar surface area (TPSA) is 98.8 Å². The predicted molar refractivity (Wildman–Crippen MR) is 154 cm³/mol. The number of piperidine rings is 1. The molecule has 206 valence electrons. The van der Waals surface area contributed by atoms with Crippen molar-refractivity contribution in [1.29, 1.82) is 0 Å². The lowest BCUT2D eigenvalue weighted by Crippen LogP contribution is -2.44. The third-order valence-corrected chi connectivity index (χ3v) is 7.72. The molecule has 5 rings (SSSR count). The van der Waals surface area contributed by atoms with E-state index < -0.39 is 0 Å². The smallest absolute Gasteiger partial charge is 0.253 e. The van der Waals surface area contributed by atoms with E-state index in [2.05, 4.69) is 10.6 Å². The molecule has 3 aromatic rings. The standard InChI is InChI=1S/C32H34N4O4/c1-22-11-13-26(14-12-22)36-21-25(19-29(36)37)32(40)35-17-15-24(16-18-35)30(38)34-28-10-6-5-9-27(28)31(39)33-20-23-7-3-2-4-8-23/h2-14,24-25H,15-21H2,1H3,(H,33,39)(H,34,38). The molecule has 2 N–H and O–H groups in total. The zero-order chi connectivity index (χ0) is 28.1. The number of nitrogens with zero attached hydrogens (tertiary/aromatic N) is 2. The first-order valence-electron chi connectivity index (χ1n) is 13.8. The summed E-state index contributed by atoms with van der Waals surface area (Å²) < 4.78 is 0. The molecule has 1 atom stereocenters. The molecule has 2 saturated heterocycles. The number of hydrogen-bond donors (Lipinski definition) is 2. The maximum absolute atomic E-state index is 13.2. The highest BCUT2D eigenvalue weighted by Crippen LogP contribution is 2.29. The van der Waals surface area contributed by atoms with Gasteiger partial charge in [0.15, 0.2) is 0 Å². The second kappa shape index (κ2) is 12.2. The van der Waals surface area contributed by atoms with Gasteiger partial charge in [-0.05, 0) is 49.6 Å². The van der Waals surface area contributed by atoms with Gasteiger partial charge in [-0.25, -0.2) is 0 Å². The highest BCUT2D eigenvalue weighted by Gasteiger charge is 2.38. The number of rotatable bonds is 7. The number of aryl methyl sites for hydroxylation is 1. The van der Waals surface area contributed by atoms with Crippen LogP contribution in [0, 0.1) is 18.8 Å². The largest absolute Gasteiger partial charge is 0.348 e. The van der Waals surface area contributed by atoms with Crippen LogP contribution >= 0.6 is 0 Å². The van der Waals surface area contributed by atoms with Crippen molar-refractivity contribution in [1.82, 2.24) is 10.2 Å². The second-order valence-corrected chi connectivity index (χ2v) is 10.5. The van der Waals surface area contributed by atoms with Gasteiger partial charge in [0, 0.05) is 44.2 Å². The fourth-order valence-corrected chi connectivity index (χ4v) is 5.37. The Bertz CT molecular complexity index is 1380. The van der Waals surface area contributed by atoms with E-state index in [9.17, 15) is 19.2 Å². The van der Waals surface area contributed by atoms with Crippen molar-refractivity contribution >= 4 is 35.0 Å². The Kier molecular flexibility index (Phi) is 8.24. The van der Waals surface area contributed by atoms with E-state index in [0.29, 0.717) is 50.3 Å². The third-order valence-electron chi connectivity index (χ3n) is 7.72. The van der Waals surface area contributed by atoms with Crippen molar-refractivity contribution in [3.63, 3.8) is 0 Å². The fourth-order valence-electron chi connectivity index (χ4n) is 5.37. The molecule has 0 saturated carbocycles. The van der Waals surface area contributed by atoms with Crippen molar-refractivity contribution in [2.45, 2.75) is 32.7 Å². The number of hydrogen-bond acceptors (Lipinski definition) is 4. The summed E-state index contributed by atoms with van der Waals surface area (Å²) in [5, 5.41) is 5.85. The van der Waals surface area contributed by atoms with Crippen molar-refractivity contribution in [3.05, 3.63) is 95.6 Å². The van der Waals surface area contributed by atoms with Gasteiger partial charge in [-0.1, -0.05) is 60.2 Å². The number of likely N-dealkylation sites (tertiary alicyclic amines) is 1. The van der Waals surface area contributed by atoms with Crippen LogP contribution in [0.15, 0.2) is 78.9 Å². The maximum atomic E-state index is 13.2. The quantitative estimate of drug-likeness (QED) is 0.472. The van der Waals surface area contributed by atoms with Gasteiger partial charge in [-0.2, -0.15) is 0 Å². The van der Waals surface area contributed by atoms with E-state index >= 15 is 0 Å². The molecule has 2 aliphatic rings. The Balaban J connectivity index is 1.13. The lowest BCUT2D eigenvalue weighted by Gasteiger charge is -2.33. The van der Waals surface area contributed by atoms with Crippen LogP contribution in [0.3, 0.4) is 0 Å². The summed E-state index contributed by atoms with van der Waals surface area (Å²) in [4.78, 5) is 55.3. The van der Waals surface area contributed by atoms with E-state index in [4.69, 9.17) is 0 Å². The highest BCUT2D eigenvalue weighted by molar-refractivity contribution is 6.04. The lowest BCUT2D eigenvalue weighted by atomic mass is 9.94. The molecule has 8 nitrogen and oxygen atoms in total. The first kappa shape index (κ1) is 27.1. The van der Waals surface area contributed by atoms with Gasteiger partial charge in [0.05, 0.1) is 17.2 Å². The van der Waals surface area contributed by atoms with Gasteiger partial charge in [0.2, 0.25) is 17.7 Å². The summed E-state index contributed by atoms with van der Waals surface area (Å²) in [5.74, 6) is -1.12. The molecule has 0 radical (unpaired) electrons. The third kappa shape index (κ3) is 6.22. The van der Waals surface area contributed by atoms with Crippen molar-refractivity contribution in [3.8, 4) is 0 Å².